The predicted octanol–water partition coefficient (Wildman–Crippen LogP) is 0.637. The molecule has 0 aromatic heterocycles. The van der Waals surface area contributed by atoms with E-state index in [1.54, 1.807) is 44.2 Å². The molecule has 0 spiro atoms. The monoisotopic (exact) mass is 412 g/mol. The van der Waals surface area contributed by atoms with E-state index in [1.165, 1.54) is 0 Å². The van der Waals surface area contributed by atoms with Gasteiger partial charge < -0.3 is 15.0 Å². The minimum atomic E-state index is -2.07. The lowest BCUT2D eigenvalue weighted by atomic mass is 9.80. The second-order valence-corrected chi connectivity index (χ2v) is 7.08. The van der Waals surface area contributed by atoms with E-state index in [1.807, 2.05) is 0 Å². The first-order valence-corrected chi connectivity index (χ1v) is 9.08. The Bertz CT molecular complexity index is 1020. The van der Waals surface area contributed by atoms with Crippen molar-refractivity contribution in [3.8, 4) is 0 Å². The van der Waals surface area contributed by atoms with Crippen molar-refractivity contribution >= 4 is 29.6 Å². The number of nitrogens with zero attached hydrogens (tertiary/aromatic N) is 4. The van der Waals surface area contributed by atoms with Crippen molar-refractivity contribution in [2.75, 3.05) is 7.11 Å². The number of amidine groups is 1. The number of carbonyl (C=O) groups excluding carboxylic acids is 4. The number of β-lactam (4-membered cyclic amide) rings is 1. The Kier molecular flexibility index (Phi) is 5.28. The van der Waals surface area contributed by atoms with Crippen LogP contribution in [0.5, 0.6) is 0 Å². The number of likely N-dealkylation sites (tertiary alicyclic amines) is 1. The van der Waals surface area contributed by atoms with Gasteiger partial charge in [-0.05, 0) is 25.0 Å². The summed E-state index contributed by atoms with van der Waals surface area (Å²) in [4.78, 5) is 55.9. The smallest absolute Gasteiger partial charge is 0.494 e. The summed E-state index contributed by atoms with van der Waals surface area (Å²) < 4.78 is 10.2. The predicted molar refractivity (Wildman–Crippen MR) is 101 cm³/mol. The summed E-state index contributed by atoms with van der Waals surface area (Å²) in [6.07, 6.45) is -1.53. The molecule has 30 heavy (non-hydrogen) atoms. The van der Waals surface area contributed by atoms with Crippen LogP contribution in [0.3, 0.4) is 0 Å². The Hall–Kier alpha value is -3.78. The third-order valence-corrected chi connectivity index (χ3v) is 5.06. The molecule has 0 N–H and O–H groups in total. The fourth-order valence-electron chi connectivity index (χ4n) is 3.73. The molecule has 0 saturated carbocycles. The van der Waals surface area contributed by atoms with E-state index in [9.17, 15) is 24.7 Å². The van der Waals surface area contributed by atoms with Gasteiger partial charge in [0.05, 0.1) is 13.5 Å². The van der Waals surface area contributed by atoms with E-state index in [4.69, 9.17) is 9.47 Å². The van der Waals surface area contributed by atoms with Crippen molar-refractivity contribution < 1.29 is 33.4 Å². The van der Waals surface area contributed by atoms with Gasteiger partial charge in [0.25, 0.3) is 5.91 Å². The number of carbonyl (C=O) groups is 4. The number of rotatable bonds is 5. The van der Waals surface area contributed by atoms with E-state index in [-0.39, 0.29) is 12.1 Å². The Morgan fingerprint density at radius 1 is 1.20 bits per heavy atom. The van der Waals surface area contributed by atoms with E-state index in [0.29, 0.717) is 11.1 Å². The highest BCUT2D eigenvalue weighted by molar-refractivity contribution is 6.23. The molecule has 0 aliphatic carbocycles. The second kappa shape index (κ2) is 7.57. The van der Waals surface area contributed by atoms with Crippen molar-refractivity contribution in [3.05, 3.63) is 52.7 Å². The highest BCUT2D eigenvalue weighted by Gasteiger charge is 2.82. The van der Waals surface area contributed by atoms with Gasteiger partial charge in [-0.1, -0.05) is 30.3 Å². The number of Topliss-reactive ketones (excluding diaryl/α,β-unsaturated/α-hetero) is 1. The van der Waals surface area contributed by atoms with Crippen LogP contribution in [0, 0.1) is 0 Å². The molecule has 1 aromatic rings. The molecule has 2 aliphatic rings. The first kappa shape index (κ1) is 20.9. The number of methoxy groups -OCH3 is 1. The van der Waals surface area contributed by atoms with E-state index in [2.05, 4.69) is 4.79 Å². The van der Waals surface area contributed by atoms with Crippen LogP contribution in [0.1, 0.15) is 26.3 Å². The summed E-state index contributed by atoms with van der Waals surface area (Å²) in [6.45, 7) is 4.30. The zero-order valence-electron chi connectivity index (χ0n) is 16.9. The summed E-state index contributed by atoms with van der Waals surface area (Å²) >= 11 is 0. The second-order valence-electron chi connectivity index (χ2n) is 7.08. The van der Waals surface area contributed by atoms with E-state index in [0.717, 1.165) is 23.8 Å². The van der Waals surface area contributed by atoms with Crippen LogP contribution in [-0.2, 0) is 35.1 Å². The van der Waals surface area contributed by atoms with Crippen LogP contribution in [0.4, 0.5) is 0 Å². The van der Waals surface area contributed by atoms with Crippen molar-refractivity contribution in [1.82, 2.24) is 9.80 Å². The molecule has 2 saturated heterocycles. The molecule has 10 heteroatoms. The lowest BCUT2D eigenvalue weighted by Crippen LogP contribution is -2.80. The van der Waals surface area contributed by atoms with Gasteiger partial charge in [-0.2, -0.15) is 0 Å². The summed E-state index contributed by atoms with van der Waals surface area (Å²) in [7, 11) is 1.15. The third-order valence-electron chi connectivity index (χ3n) is 5.06. The lowest BCUT2D eigenvalue weighted by Gasteiger charge is -2.46. The maximum Gasteiger partial charge on any atom is 0.547 e. The quantitative estimate of drug-likeness (QED) is 0.174. The zero-order chi connectivity index (χ0) is 22.2. The lowest BCUT2D eigenvalue weighted by molar-refractivity contribution is -0.186. The average molecular weight is 412 g/mol. The number of amides is 2. The highest BCUT2D eigenvalue weighted by atomic mass is 16.6. The molecule has 2 heterocycles. The molecule has 3 rings (SSSR count). The Morgan fingerprint density at radius 2 is 1.83 bits per heavy atom. The van der Waals surface area contributed by atoms with Gasteiger partial charge in [0.15, 0.2) is 5.78 Å². The maximum atomic E-state index is 13.3. The number of benzene rings is 1. The van der Waals surface area contributed by atoms with Crippen molar-refractivity contribution in [2.24, 2.45) is 0 Å². The molecule has 156 valence electrons. The number of allylic oxidation sites excluding steroid dienone is 1. The average Bonchev–Trinajstić information content (AvgIpc) is 3.03. The van der Waals surface area contributed by atoms with Gasteiger partial charge in [0, 0.05) is 6.92 Å². The largest absolute Gasteiger partial charge is 0.547 e. The standard InChI is InChI=1S/C20H20N4O6/c1-11(2)15(16(27)29-4)23-17(28)20(12(3)25)18(23)30-19(22-21)24(20)14(26)10-13-8-6-5-7-9-13/h5-9,18H,10H2,1-4H3. The fourth-order valence-corrected chi connectivity index (χ4v) is 3.73. The Labute approximate surface area is 172 Å². The number of ketones is 1. The van der Waals surface area contributed by atoms with Crippen molar-refractivity contribution in [2.45, 2.75) is 39.0 Å². The van der Waals surface area contributed by atoms with Gasteiger partial charge in [-0.25, -0.2) is 9.59 Å². The van der Waals surface area contributed by atoms with Gasteiger partial charge >= 0.3 is 23.4 Å². The van der Waals surface area contributed by atoms with Gasteiger partial charge in [0.2, 0.25) is 6.23 Å². The normalized spacial score (nSPS) is 21.8. The molecule has 2 aliphatic heterocycles. The molecule has 2 fully saturated rings. The minimum Gasteiger partial charge on any atom is -0.494 e. The molecule has 0 radical (unpaired) electrons. The third kappa shape index (κ3) is 2.81. The maximum absolute atomic E-state index is 13.3. The van der Waals surface area contributed by atoms with Gasteiger partial charge in [-0.15, -0.1) is 4.90 Å². The first-order chi connectivity index (χ1) is 14.2. The van der Waals surface area contributed by atoms with Crippen molar-refractivity contribution in [1.29, 1.82) is 0 Å². The molecule has 10 nitrogen and oxygen atoms in total. The van der Waals surface area contributed by atoms with Crippen LogP contribution in [0.2, 0.25) is 0 Å². The number of esters is 1. The molecular weight excluding hydrogens is 392 g/mol. The van der Waals surface area contributed by atoms with Crippen LogP contribution in [-0.4, -0.2) is 63.1 Å². The number of fused-ring (bicyclic) bond motifs is 1. The van der Waals surface area contributed by atoms with Crippen LogP contribution >= 0.6 is 0 Å². The summed E-state index contributed by atoms with van der Waals surface area (Å²) in [5.41, 5.74) is 8.30. The minimum absolute atomic E-state index is 0.112. The van der Waals surface area contributed by atoms with E-state index >= 15 is 0 Å². The summed E-state index contributed by atoms with van der Waals surface area (Å²) in [5.74, 6) is -3.01. The SMILES string of the molecule is COC(=O)C(=C(C)C)N1C(=O)C2(C(C)=O)C1OC(=[N+]=[N-])N2C(=O)Cc1ccccc1. The molecular formula is C20H20N4O6. The van der Waals surface area contributed by atoms with Crippen molar-refractivity contribution in [3.63, 3.8) is 0 Å². The fraction of sp³-hybridized carbons (Fsp3) is 0.350. The van der Waals surface area contributed by atoms with Gasteiger partial charge in [-0.3, -0.25) is 19.3 Å². The topological polar surface area (TPSA) is 130 Å². The first-order valence-electron chi connectivity index (χ1n) is 9.08. The summed E-state index contributed by atoms with van der Waals surface area (Å²) in [6, 6.07) is 8.07. The molecule has 2 amide bonds. The highest BCUT2D eigenvalue weighted by Crippen LogP contribution is 2.46. The van der Waals surface area contributed by atoms with E-state index < -0.39 is 41.4 Å². The molecule has 2 unspecified atom stereocenters. The Morgan fingerprint density at radius 3 is 2.33 bits per heavy atom. The molecule has 1 aromatic carbocycles. The van der Waals surface area contributed by atoms with Crippen LogP contribution in [0.15, 0.2) is 41.6 Å². The Balaban J connectivity index is 2.07. The number of ether oxygens (including phenoxy) is 2. The van der Waals surface area contributed by atoms with Gasteiger partial charge in [0.1, 0.15) is 5.70 Å². The van der Waals surface area contributed by atoms with Crippen LogP contribution < -0.4 is 0 Å². The molecule has 0 bridgehead atoms. The number of hydrogen-bond donors (Lipinski definition) is 0. The number of hydrogen-bond acceptors (Lipinski definition) is 6. The van der Waals surface area contributed by atoms with Crippen LogP contribution in [0.25, 0.3) is 5.53 Å². The zero-order valence-corrected chi connectivity index (χ0v) is 16.9. The summed E-state index contributed by atoms with van der Waals surface area (Å²) in [5, 5.41) is 0. The molecule has 2 atom stereocenters.